The molecule has 1 fully saturated rings. The largest absolute Gasteiger partial charge is 0.483 e. The van der Waals surface area contributed by atoms with Crippen molar-refractivity contribution in [3.63, 3.8) is 0 Å². The summed E-state index contributed by atoms with van der Waals surface area (Å²) in [7, 11) is 0. The number of carbonyl (C=O) groups excluding carboxylic acids is 1. The summed E-state index contributed by atoms with van der Waals surface area (Å²) >= 11 is 9.23. The van der Waals surface area contributed by atoms with Crippen molar-refractivity contribution in [2.24, 2.45) is 0 Å². The second-order valence-corrected chi connectivity index (χ2v) is 5.17. The quantitative estimate of drug-likeness (QED) is 0.920. The Morgan fingerprint density at radius 3 is 3.17 bits per heavy atom. The van der Waals surface area contributed by atoms with Crippen molar-refractivity contribution in [2.45, 2.75) is 12.5 Å². The lowest BCUT2D eigenvalue weighted by Gasteiger charge is -2.12. The van der Waals surface area contributed by atoms with E-state index in [0.717, 1.165) is 6.42 Å². The van der Waals surface area contributed by atoms with Crippen LogP contribution in [0.2, 0.25) is 5.02 Å². The highest BCUT2D eigenvalue weighted by molar-refractivity contribution is 9.10. The lowest BCUT2D eigenvalue weighted by molar-refractivity contribution is -0.123. The fourth-order valence-electron chi connectivity index (χ4n) is 1.66. The molecule has 0 aliphatic carbocycles. The standard InChI is InChI=1S/C12H13BrClNO3/c13-12-9(14)2-1-3-10(12)18-7-11(16)15-8-4-5-17-6-8/h1-3,8H,4-7H2,(H,15,16). The molecule has 0 spiro atoms. The van der Waals surface area contributed by atoms with E-state index in [1.807, 2.05) is 0 Å². The van der Waals surface area contributed by atoms with Gasteiger partial charge in [0.05, 0.1) is 22.1 Å². The van der Waals surface area contributed by atoms with E-state index in [1.54, 1.807) is 18.2 Å². The molecule has 1 amide bonds. The van der Waals surface area contributed by atoms with Gasteiger partial charge in [-0.1, -0.05) is 17.7 Å². The van der Waals surface area contributed by atoms with Gasteiger partial charge in [-0.3, -0.25) is 4.79 Å². The molecule has 6 heteroatoms. The molecule has 1 heterocycles. The number of hydrogen-bond donors (Lipinski definition) is 1. The maximum absolute atomic E-state index is 11.6. The first-order valence-corrected chi connectivity index (χ1v) is 6.78. The van der Waals surface area contributed by atoms with Crippen molar-refractivity contribution in [1.82, 2.24) is 5.32 Å². The van der Waals surface area contributed by atoms with Gasteiger partial charge in [-0.2, -0.15) is 0 Å². The van der Waals surface area contributed by atoms with Crippen LogP contribution in [0.5, 0.6) is 5.75 Å². The summed E-state index contributed by atoms with van der Waals surface area (Å²) in [5.41, 5.74) is 0. The number of ether oxygens (including phenoxy) is 2. The first kappa shape index (κ1) is 13.6. The minimum Gasteiger partial charge on any atom is -0.483 e. The molecule has 1 aliphatic rings. The molecule has 0 saturated carbocycles. The van der Waals surface area contributed by atoms with Crippen molar-refractivity contribution in [1.29, 1.82) is 0 Å². The van der Waals surface area contributed by atoms with Crippen molar-refractivity contribution >= 4 is 33.4 Å². The number of halogens is 2. The van der Waals surface area contributed by atoms with Crippen LogP contribution < -0.4 is 10.1 Å². The number of nitrogens with one attached hydrogen (secondary N) is 1. The predicted molar refractivity (Wildman–Crippen MR) is 72.0 cm³/mol. The van der Waals surface area contributed by atoms with E-state index in [9.17, 15) is 4.79 Å². The summed E-state index contributed by atoms with van der Waals surface area (Å²) in [5.74, 6) is 0.401. The van der Waals surface area contributed by atoms with Crippen molar-refractivity contribution in [3.8, 4) is 5.75 Å². The van der Waals surface area contributed by atoms with Crippen LogP contribution in [0.15, 0.2) is 22.7 Å². The average molecular weight is 335 g/mol. The number of hydrogen-bond acceptors (Lipinski definition) is 3. The molecule has 0 bridgehead atoms. The fraction of sp³-hybridized carbons (Fsp3) is 0.417. The van der Waals surface area contributed by atoms with E-state index in [2.05, 4.69) is 21.2 Å². The smallest absolute Gasteiger partial charge is 0.258 e. The minimum atomic E-state index is -0.155. The second-order valence-electron chi connectivity index (χ2n) is 3.97. The first-order chi connectivity index (χ1) is 8.66. The van der Waals surface area contributed by atoms with Crippen molar-refractivity contribution in [3.05, 3.63) is 27.7 Å². The molecule has 0 aromatic heterocycles. The van der Waals surface area contributed by atoms with Gasteiger partial charge in [-0.05, 0) is 34.5 Å². The predicted octanol–water partition coefficient (Wildman–Crippen LogP) is 2.39. The van der Waals surface area contributed by atoms with Gasteiger partial charge in [-0.25, -0.2) is 0 Å². The van der Waals surface area contributed by atoms with Crippen LogP contribution in [0.3, 0.4) is 0 Å². The molecular formula is C12H13BrClNO3. The van der Waals surface area contributed by atoms with Gasteiger partial charge in [0, 0.05) is 6.61 Å². The van der Waals surface area contributed by atoms with Gasteiger partial charge >= 0.3 is 0 Å². The zero-order valence-electron chi connectivity index (χ0n) is 9.62. The Hall–Kier alpha value is -0.780. The Balaban J connectivity index is 1.83. The Morgan fingerprint density at radius 2 is 2.44 bits per heavy atom. The molecule has 4 nitrogen and oxygen atoms in total. The van der Waals surface area contributed by atoms with Crippen LogP contribution in [0.4, 0.5) is 0 Å². The summed E-state index contributed by atoms with van der Waals surface area (Å²) < 4.78 is 11.2. The summed E-state index contributed by atoms with van der Waals surface area (Å²) in [6.07, 6.45) is 0.854. The van der Waals surface area contributed by atoms with Crippen LogP contribution in [0.25, 0.3) is 0 Å². The van der Waals surface area contributed by atoms with E-state index in [0.29, 0.717) is 28.5 Å². The lowest BCUT2D eigenvalue weighted by atomic mass is 10.2. The SMILES string of the molecule is O=C(COc1cccc(Cl)c1Br)NC1CCOC1. The van der Waals surface area contributed by atoms with E-state index in [-0.39, 0.29) is 18.6 Å². The molecule has 1 aromatic rings. The lowest BCUT2D eigenvalue weighted by Crippen LogP contribution is -2.38. The number of rotatable bonds is 4. The van der Waals surface area contributed by atoms with Gasteiger partial charge in [-0.15, -0.1) is 0 Å². The molecule has 1 atom stereocenters. The normalized spacial score (nSPS) is 18.7. The zero-order chi connectivity index (χ0) is 13.0. The highest BCUT2D eigenvalue weighted by Crippen LogP contribution is 2.31. The summed E-state index contributed by atoms with van der Waals surface area (Å²) in [6.45, 7) is 1.24. The van der Waals surface area contributed by atoms with E-state index >= 15 is 0 Å². The topological polar surface area (TPSA) is 47.6 Å². The third-order valence-electron chi connectivity index (χ3n) is 2.57. The number of amides is 1. The highest BCUT2D eigenvalue weighted by Gasteiger charge is 2.18. The van der Waals surface area contributed by atoms with Gasteiger partial charge in [0.15, 0.2) is 6.61 Å². The Morgan fingerprint density at radius 1 is 1.61 bits per heavy atom. The van der Waals surface area contributed by atoms with Gasteiger partial charge in [0.1, 0.15) is 5.75 Å². The van der Waals surface area contributed by atoms with Crippen LogP contribution in [0, 0.1) is 0 Å². The first-order valence-electron chi connectivity index (χ1n) is 5.60. The van der Waals surface area contributed by atoms with Crippen LogP contribution in [-0.2, 0) is 9.53 Å². The number of carbonyl (C=O) groups is 1. The average Bonchev–Trinajstić information content (AvgIpc) is 2.84. The molecule has 0 radical (unpaired) electrons. The Labute approximate surface area is 119 Å². The summed E-state index contributed by atoms with van der Waals surface area (Å²) in [4.78, 5) is 11.6. The molecule has 1 N–H and O–H groups in total. The highest BCUT2D eigenvalue weighted by atomic mass is 79.9. The molecule has 1 saturated heterocycles. The molecule has 1 aromatic carbocycles. The van der Waals surface area contributed by atoms with Crippen LogP contribution >= 0.6 is 27.5 Å². The van der Waals surface area contributed by atoms with Crippen molar-refractivity contribution in [2.75, 3.05) is 19.8 Å². The van der Waals surface area contributed by atoms with Crippen molar-refractivity contribution < 1.29 is 14.3 Å². The monoisotopic (exact) mass is 333 g/mol. The van der Waals surface area contributed by atoms with Gasteiger partial charge in [0.25, 0.3) is 5.91 Å². The molecular weight excluding hydrogens is 321 g/mol. The molecule has 2 rings (SSSR count). The van der Waals surface area contributed by atoms with Crippen LogP contribution in [0.1, 0.15) is 6.42 Å². The third-order valence-corrected chi connectivity index (χ3v) is 3.93. The fourth-order valence-corrected chi connectivity index (χ4v) is 2.20. The maximum atomic E-state index is 11.6. The van der Waals surface area contributed by atoms with E-state index in [4.69, 9.17) is 21.1 Å². The van der Waals surface area contributed by atoms with Gasteiger partial charge < -0.3 is 14.8 Å². The van der Waals surface area contributed by atoms with Crippen LogP contribution in [-0.4, -0.2) is 31.8 Å². The molecule has 98 valence electrons. The zero-order valence-corrected chi connectivity index (χ0v) is 12.0. The molecule has 1 unspecified atom stereocenters. The maximum Gasteiger partial charge on any atom is 0.258 e. The van der Waals surface area contributed by atoms with Gasteiger partial charge in [0.2, 0.25) is 0 Å². The van der Waals surface area contributed by atoms with E-state index < -0.39 is 0 Å². The van der Waals surface area contributed by atoms with E-state index in [1.165, 1.54) is 0 Å². The number of benzene rings is 1. The summed E-state index contributed by atoms with van der Waals surface area (Å²) in [5, 5.41) is 3.40. The molecule has 18 heavy (non-hydrogen) atoms. The Bertz CT molecular complexity index is 435. The minimum absolute atomic E-state index is 0.0323. The summed E-state index contributed by atoms with van der Waals surface area (Å²) in [6, 6.07) is 5.37. The second kappa shape index (κ2) is 6.41. The molecule has 1 aliphatic heterocycles. The Kier molecular flexibility index (Phi) is 4.86. The third kappa shape index (κ3) is 3.60.